The second kappa shape index (κ2) is 26.6. The van der Waals surface area contributed by atoms with Crippen LogP contribution in [-0.2, 0) is 9.47 Å². The van der Waals surface area contributed by atoms with E-state index in [0.29, 0.717) is 6.79 Å². The van der Waals surface area contributed by atoms with Crippen LogP contribution in [0.25, 0.3) is 0 Å². The van der Waals surface area contributed by atoms with Gasteiger partial charge in [-0.15, -0.1) is 0 Å². The number of rotatable bonds is 28. The van der Waals surface area contributed by atoms with Gasteiger partial charge in [-0.1, -0.05) is 109 Å². The lowest BCUT2D eigenvalue weighted by Gasteiger charge is -2.25. The number of unbranched alkanes of at least 4 members (excludes halogenated alkanes) is 7. The molecule has 6 atom stereocenters. The minimum absolute atomic E-state index is 0.478. The van der Waals surface area contributed by atoms with Gasteiger partial charge in [-0.05, 0) is 99.7 Å². The van der Waals surface area contributed by atoms with Crippen molar-refractivity contribution in [2.75, 3.05) is 25.3 Å². The average molecular weight is 590 g/mol. The van der Waals surface area contributed by atoms with Crippen LogP contribution in [0.3, 0.4) is 0 Å². The van der Waals surface area contributed by atoms with Gasteiger partial charge in [0.15, 0.2) is 0 Å². The molecule has 0 aliphatic carbocycles. The van der Waals surface area contributed by atoms with Crippen molar-refractivity contribution in [3.8, 4) is 0 Å². The van der Waals surface area contributed by atoms with E-state index in [4.69, 9.17) is 9.47 Å². The Labute approximate surface area is 243 Å². The molecular formula is C34H69BrO2. The third kappa shape index (κ3) is 26.4. The molecule has 0 aliphatic rings. The van der Waals surface area contributed by atoms with Crippen molar-refractivity contribution in [2.45, 2.75) is 158 Å². The summed E-state index contributed by atoms with van der Waals surface area (Å²) in [6, 6.07) is 0. The highest BCUT2D eigenvalue weighted by molar-refractivity contribution is 9.09. The topological polar surface area (TPSA) is 18.5 Å². The van der Waals surface area contributed by atoms with E-state index >= 15 is 0 Å². The lowest BCUT2D eigenvalue weighted by molar-refractivity contribution is -0.0561. The van der Waals surface area contributed by atoms with E-state index in [1.54, 1.807) is 0 Å². The van der Waals surface area contributed by atoms with Gasteiger partial charge >= 0.3 is 0 Å². The minimum Gasteiger partial charge on any atom is -0.355 e. The number of hydrogen-bond donors (Lipinski definition) is 0. The predicted molar refractivity (Wildman–Crippen MR) is 170 cm³/mol. The zero-order chi connectivity index (χ0) is 27.7. The molecule has 0 spiro atoms. The van der Waals surface area contributed by atoms with Crippen molar-refractivity contribution in [3.63, 3.8) is 0 Å². The summed E-state index contributed by atoms with van der Waals surface area (Å²) in [6.45, 7) is 19.3. The van der Waals surface area contributed by atoms with E-state index in [2.05, 4.69) is 64.4 Å². The summed E-state index contributed by atoms with van der Waals surface area (Å²) in [6.07, 6.45) is 22.8. The highest BCUT2D eigenvalue weighted by Gasteiger charge is 2.17. The van der Waals surface area contributed by atoms with Crippen LogP contribution in [0.5, 0.6) is 0 Å². The molecule has 0 rings (SSSR count). The van der Waals surface area contributed by atoms with Crippen molar-refractivity contribution in [1.29, 1.82) is 0 Å². The number of alkyl halides is 1. The van der Waals surface area contributed by atoms with Gasteiger partial charge in [0.1, 0.15) is 6.79 Å². The SMILES string of the molecule is CCCCCCCCCCOCOCCCC(C)CC(C)CC(C)CC(C)CC(C)CC(C)CCCBr. The maximum Gasteiger partial charge on any atom is 0.146 e. The van der Waals surface area contributed by atoms with Crippen LogP contribution in [0.2, 0.25) is 0 Å². The van der Waals surface area contributed by atoms with Gasteiger partial charge in [0, 0.05) is 18.5 Å². The van der Waals surface area contributed by atoms with Crippen LogP contribution in [0.1, 0.15) is 158 Å². The monoisotopic (exact) mass is 588 g/mol. The molecular weight excluding hydrogens is 520 g/mol. The molecule has 0 aromatic heterocycles. The molecule has 0 amide bonds. The van der Waals surface area contributed by atoms with Crippen molar-refractivity contribution in [1.82, 2.24) is 0 Å². The fraction of sp³-hybridized carbons (Fsp3) is 1.00. The maximum absolute atomic E-state index is 5.72. The summed E-state index contributed by atoms with van der Waals surface area (Å²) in [5, 5.41) is 1.15. The molecule has 0 bridgehead atoms. The van der Waals surface area contributed by atoms with Crippen LogP contribution in [-0.4, -0.2) is 25.3 Å². The third-order valence-electron chi connectivity index (χ3n) is 8.15. The quantitative estimate of drug-likeness (QED) is 0.0513. The largest absolute Gasteiger partial charge is 0.355 e. The van der Waals surface area contributed by atoms with Crippen LogP contribution in [0.4, 0.5) is 0 Å². The number of hydrogen-bond acceptors (Lipinski definition) is 2. The highest BCUT2D eigenvalue weighted by Crippen LogP contribution is 2.29. The Balaban J connectivity index is 3.68. The van der Waals surface area contributed by atoms with E-state index in [1.165, 1.54) is 103 Å². The first-order chi connectivity index (χ1) is 17.8. The fourth-order valence-electron chi connectivity index (χ4n) is 6.53. The van der Waals surface area contributed by atoms with Gasteiger partial charge in [-0.2, -0.15) is 0 Å². The van der Waals surface area contributed by atoms with Crippen molar-refractivity contribution >= 4 is 15.9 Å². The molecule has 0 N–H and O–H groups in total. The Morgan fingerprint density at radius 3 is 1.30 bits per heavy atom. The van der Waals surface area contributed by atoms with Gasteiger partial charge in [0.05, 0.1) is 0 Å². The van der Waals surface area contributed by atoms with E-state index in [0.717, 1.165) is 60.5 Å². The number of halogens is 1. The zero-order valence-electron chi connectivity index (χ0n) is 26.5. The van der Waals surface area contributed by atoms with E-state index in [1.807, 2.05) is 0 Å². The molecule has 224 valence electrons. The molecule has 0 aliphatic heterocycles. The van der Waals surface area contributed by atoms with Crippen LogP contribution in [0, 0.1) is 35.5 Å². The molecule has 0 heterocycles. The smallest absolute Gasteiger partial charge is 0.146 e. The highest BCUT2D eigenvalue weighted by atomic mass is 79.9. The molecule has 0 saturated heterocycles. The minimum atomic E-state index is 0.478. The Bertz CT molecular complexity index is 457. The summed E-state index contributed by atoms with van der Waals surface area (Å²) in [5.74, 6) is 5.06. The molecule has 37 heavy (non-hydrogen) atoms. The average Bonchev–Trinajstić information content (AvgIpc) is 2.82. The Kier molecular flexibility index (Phi) is 26.9. The molecule has 0 fully saturated rings. The van der Waals surface area contributed by atoms with Crippen LogP contribution < -0.4 is 0 Å². The van der Waals surface area contributed by atoms with Gasteiger partial charge in [0.25, 0.3) is 0 Å². The first-order valence-corrected chi connectivity index (χ1v) is 17.6. The maximum atomic E-state index is 5.72. The second-order valence-electron chi connectivity index (χ2n) is 13.2. The molecule has 6 unspecified atom stereocenters. The molecule has 2 nitrogen and oxygen atoms in total. The summed E-state index contributed by atoms with van der Waals surface area (Å²) >= 11 is 3.57. The number of ether oxygens (including phenoxy) is 2. The lowest BCUT2D eigenvalue weighted by atomic mass is 9.81. The standard InChI is InChI=1S/C34H69BrO2/c1-8-9-10-11-12-13-14-15-21-36-28-37-22-17-19-30(3)24-32(5)26-34(7)27-33(6)25-31(4)23-29(2)18-16-20-35/h29-34H,8-28H2,1-7H3. The third-order valence-corrected chi connectivity index (χ3v) is 8.71. The van der Waals surface area contributed by atoms with E-state index < -0.39 is 0 Å². The summed E-state index contributed by atoms with van der Waals surface area (Å²) in [5.41, 5.74) is 0. The summed E-state index contributed by atoms with van der Waals surface area (Å²) in [7, 11) is 0. The van der Waals surface area contributed by atoms with Crippen molar-refractivity contribution < 1.29 is 9.47 Å². The molecule has 0 radical (unpaired) electrons. The van der Waals surface area contributed by atoms with E-state index in [-0.39, 0.29) is 0 Å². The Morgan fingerprint density at radius 1 is 0.459 bits per heavy atom. The van der Waals surface area contributed by atoms with Gasteiger partial charge in [-0.25, -0.2) is 0 Å². The van der Waals surface area contributed by atoms with Gasteiger partial charge in [-0.3, -0.25) is 0 Å². The van der Waals surface area contributed by atoms with Crippen LogP contribution in [0.15, 0.2) is 0 Å². The van der Waals surface area contributed by atoms with Gasteiger partial charge < -0.3 is 9.47 Å². The zero-order valence-corrected chi connectivity index (χ0v) is 28.1. The Hall–Kier alpha value is 0.400. The predicted octanol–water partition coefficient (Wildman–Crippen LogP) is 11.8. The first kappa shape index (κ1) is 37.4. The first-order valence-electron chi connectivity index (χ1n) is 16.5. The normalized spacial score (nSPS) is 16.9. The Morgan fingerprint density at radius 2 is 0.838 bits per heavy atom. The fourth-order valence-corrected chi connectivity index (χ4v) is 6.85. The molecule has 3 heteroatoms. The summed E-state index contributed by atoms with van der Waals surface area (Å²) in [4.78, 5) is 0. The van der Waals surface area contributed by atoms with Crippen LogP contribution >= 0.6 is 15.9 Å². The molecule has 0 saturated carbocycles. The van der Waals surface area contributed by atoms with E-state index in [9.17, 15) is 0 Å². The molecule has 0 aromatic rings. The second-order valence-corrected chi connectivity index (χ2v) is 14.0. The lowest BCUT2D eigenvalue weighted by Crippen LogP contribution is -2.13. The van der Waals surface area contributed by atoms with Crippen molar-refractivity contribution in [3.05, 3.63) is 0 Å². The van der Waals surface area contributed by atoms with Crippen molar-refractivity contribution in [2.24, 2.45) is 35.5 Å². The molecule has 0 aromatic carbocycles. The summed E-state index contributed by atoms with van der Waals surface area (Å²) < 4.78 is 11.4. The van der Waals surface area contributed by atoms with Gasteiger partial charge in [0.2, 0.25) is 0 Å².